The molecule has 3 heterocycles. The van der Waals surface area contributed by atoms with Gasteiger partial charge >= 0.3 is 5.97 Å². The maximum Gasteiger partial charge on any atom is 0.313 e. The molecule has 0 N–H and O–H groups in total. The summed E-state index contributed by atoms with van der Waals surface area (Å²) in [6, 6.07) is 17.5. The summed E-state index contributed by atoms with van der Waals surface area (Å²) in [5, 5.41) is 0.501. The lowest BCUT2D eigenvalue weighted by atomic mass is 10.1. The molecule has 0 unspecified atom stereocenters. The Morgan fingerprint density at radius 3 is 1.95 bits per heavy atom. The molecular formula is C32H39ClFN5O2. The molecule has 0 radical (unpaired) electrons. The lowest BCUT2D eigenvalue weighted by Crippen LogP contribution is -2.46. The fourth-order valence-corrected chi connectivity index (χ4v) is 5.55. The number of esters is 1. The number of aromatic nitrogens is 1. The van der Waals surface area contributed by atoms with Gasteiger partial charge in [0.15, 0.2) is 11.6 Å². The van der Waals surface area contributed by atoms with Crippen LogP contribution < -0.4 is 9.64 Å². The van der Waals surface area contributed by atoms with Crippen LogP contribution >= 0.6 is 11.6 Å². The summed E-state index contributed by atoms with van der Waals surface area (Å²) in [5.74, 6) is 0.615. The van der Waals surface area contributed by atoms with E-state index in [9.17, 15) is 9.18 Å². The van der Waals surface area contributed by atoms with Gasteiger partial charge in [0.2, 0.25) is 0 Å². The van der Waals surface area contributed by atoms with E-state index in [2.05, 4.69) is 48.8 Å². The molecule has 2 aliphatic rings. The van der Waals surface area contributed by atoms with Crippen molar-refractivity contribution in [1.29, 1.82) is 0 Å². The van der Waals surface area contributed by atoms with Crippen LogP contribution in [0.4, 0.5) is 10.2 Å². The zero-order chi connectivity index (χ0) is 28.8. The standard InChI is InChI=1S/C32H39ClFN5O2/c1-24(2)32(40)41-30-7-4-12-35-31(30)39-19-17-37(18-20-39)22-26-10-8-25(9-11-26)21-36-13-15-38(16-14-36)23-27-28(33)5-3-6-29(27)34/h3-12,24H,13-23H2,1-2H3. The van der Waals surface area contributed by atoms with Gasteiger partial charge in [0, 0.05) is 88.8 Å². The summed E-state index contributed by atoms with van der Waals surface area (Å²) in [5.41, 5.74) is 3.20. The first kappa shape index (κ1) is 29.5. The molecule has 2 fully saturated rings. The molecule has 5 rings (SSSR count). The van der Waals surface area contributed by atoms with Gasteiger partial charge in [-0.3, -0.25) is 19.5 Å². The molecule has 218 valence electrons. The first-order valence-corrected chi connectivity index (χ1v) is 14.8. The third-order valence-electron chi connectivity index (χ3n) is 7.85. The number of pyridine rings is 1. The van der Waals surface area contributed by atoms with Crippen molar-refractivity contribution in [3.63, 3.8) is 0 Å². The van der Waals surface area contributed by atoms with E-state index in [4.69, 9.17) is 16.3 Å². The summed E-state index contributed by atoms with van der Waals surface area (Å²) in [7, 11) is 0. The summed E-state index contributed by atoms with van der Waals surface area (Å²) < 4.78 is 19.8. The van der Waals surface area contributed by atoms with Crippen LogP contribution in [0.5, 0.6) is 5.75 Å². The Kier molecular flexibility index (Phi) is 9.88. The molecule has 2 aromatic carbocycles. The molecule has 9 heteroatoms. The molecule has 7 nitrogen and oxygen atoms in total. The van der Waals surface area contributed by atoms with Gasteiger partial charge in [-0.05, 0) is 35.4 Å². The maximum atomic E-state index is 14.2. The Hall–Kier alpha value is -3.04. The molecule has 0 amide bonds. The van der Waals surface area contributed by atoms with Crippen molar-refractivity contribution in [2.75, 3.05) is 57.3 Å². The van der Waals surface area contributed by atoms with Gasteiger partial charge in [-0.1, -0.05) is 55.8 Å². The predicted molar refractivity (Wildman–Crippen MR) is 161 cm³/mol. The van der Waals surface area contributed by atoms with Gasteiger partial charge in [0.05, 0.1) is 5.92 Å². The lowest BCUT2D eigenvalue weighted by molar-refractivity contribution is -0.137. The highest BCUT2D eigenvalue weighted by Crippen LogP contribution is 2.27. The van der Waals surface area contributed by atoms with Crippen LogP contribution in [0.3, 0.4) is 0 Å². The largest absolute Gasteiger partial charge is 0.422 e. The fourth-order valence-electron chi connectivity index (χ4n) is 5.32. The third-order valence-corrected chi connectivity index (χ3v) is 8.20. The summed E-state index contributed by atoms with van der Waals surface area (Å²) in [6.45, 7) is 13.2. The van der Waals surface area contributed by atoms with Gasteiger partial charge in [-0.2, -0.15) is 0 Å². The zero-order valence-corrected chi connectivity index (χ0v) is 24.7. The Morgan fingerprint density at radius 2 is 1.39 bits per heavy atom. The van der Waals surface area contributed by atoms with Crippen LogP contribution in [0.15, 0.2) is 60.8 Å². The summed E-state index contributed by atoms with van der Waals surface area (Å²) >= 11 is 6.22. The van der Waals surface area contributed by atoms with E-state index >= 15 is 0 Å². The van der Waals surface area contributed by atoms with Crippen LogP contribution in [0.25, 0.3) is 0 Å². The topological polar surface area (TPSA) is 52.2 Å². The van der Waals surface area contributed by atoms with Crippen molar-refractivity contribution in [2.45, 2.75) is 33.5 Å². The number of nitrogens with zero attached hydrogens (tertiary/aromatic N) is 5. The van der Waals surface area contributed by atoms with E-state index in [0.29, 0.717) is 22.9 Å². The summed E-state index contributed by atoms with van der Waals surface area (Å²) in [4.78, 5) is 26.0. The van der Waals surface area contributed by atoms with Crippen molar-refractivity contribution in [3.8, 4) is 5.75 Å². The first-order chi connectivity index (χ1) is 19.9. The Labute approximate surface area is 247 Å². The molecule has 41 heavy (non-hydrogen) atoms. The first-order valence-electron chi connectivity index (χ1n) is 14.4. The summed E-state index contributed by atoms with van der Waals surface area (Å²) in [6.07, 6.45) is 1.75. The molecule has 0 bridgehead atoms. The number of anilines is 1. The highest BCUT2D eigenvalue weighted by Gasteiger charge is 2.23. The number of carbonyl (C=O) groups is 1. The molecule has 2 aliphatic heterocycles. The minimum atomic E-state index is -0.242. The van der Waals surface area contributed by atoms with Crippen molar-refractivity contribution in [1.82, 2.24) is 19.7 Å². The number of hydrogen-bond acceptors (Lipinski definition) is 7. The molecular weight excluding hydrogens is 541 g/mol. The minimum Gasteiger partial charge on any atom is -0.422 e. The number of carbonyl (C=O) groups excluding carboxylic acids is 1. The molecule has 0 aliphatic carbocycles. The number of piperazine rings is 2. The van der Waals surface area contributed by atoms with E-state index in [1.165, 1.54) is 17.2 Å². The lowest BCUT2D eigenvalue weighted by Gasteiger charge is -2.36. The van der Waals surface area contributed by atoms with Gasteiger partial charge < -0.3 is 9.64 Å². The number of benzene rings is 2. The van der Waals surface area contributed by atoms with Gasteiger partial charge in [0.25, 0.3) is 0 Å². The van der Waals surface area contributed by atoms with Crippen LogP contribution in [0, 0.1) is 11.7 Å². The van der Waals surface area contributed by atoms with E-state index < -0.39 is 0 Å². The average molecular weight is 580 g/mol. The van der Waals surface area contributed by atoms with Crippen LogP contribution in [0.2, 0.25) is 5.02 Å². The Bertz CT molecular complexity index is 1290. The molecule has 0 spiro atoms. The second-order valence-corrected chi connectivity index (χ2v) is 11.6. The number of hydrogen-bond donors (Lipinski definition) is 0. The van der Waals surface area contributed by atoms with Crippen molar-refractivity contribution < 1.29 is 13.9 Å². The van der Waals surface area contributed by atoms with Crippen molar-refractivity contribution >= 4 is 23.4 Å². The maximum absolute atomic E-state index is 14.2. The molecule has 0 saturated carbocycles. The van der Waals surface area contributed by atoms with Crippen molar-refractivity contribution in [2.24, 2.45) is 5.92 Å². The van der Waals surface area contributed by atoms with Crippen LogP contribution in [-0.4, -0.2) is 78.0 Å². The van der Waals surface area contributed by atoms with E-state index in [1.807, 2.05) is 19.9 Å². The van der Waals surface area contributed by atoms with Crippen LogP contribution in [0.1, 0.15) is 30.5 Å². The number of halogens is 2. The predicted octanol–water partition coefficient (Wildman–Crippen LogP) is 5.08. The fraction of sp³-hybridized carbons (Fsp3) is 0.438. The SMILES string of the molecule is CC(C)C(=O)Oc1cccnc1N1CCN(Cc2ccc(CN3CCN(Cc4c(F)cccc4Cl)CC3)cc2)CC1. The molecule has 1 aromatic heterocycles. The second-order valence-electron chi connectivity index (χ2n) is 11.2. The number of ether oxygens (including phenoxy) is 1. The van der Waals surface area contributed by atoms with Gasteiger partial charge in [-0.15, -0.1) is 0 Å². The number of rotatable bonds is 9. The van der Waals surface area contributed by atoms with Crippen LogP contribution in [-0.2, 0) is 24.4 Å². The van der Waals surface area contributed by atoms with Gasteiger partial charge in [-0.25, -0.2) is 9.37 Å². The quantitative estimate of drug-likeness (QED) is 0.328. The van der Waals surface area contributed by atoms with Gasteiger partial charge in [0.1, 0.15) is 5.82 Å². The zero-order valence-electron chi connectivity index (χ0n) is 23.9. The second kappa shape index (κ2) is 13.7. The average Bonchev–Trinajstić information content (AvgIpc) is 2.98. The monoisotopic (exact) mass is 579 g/mol. The molecule has 2 saturated heterocycles. The smallest absolute Gasteiger partial charge is 0.313 e. The highest BCUT2D eigenvalue weighted by atomic mass is 35.5. The third kappa shape index (κ3) is 7.83. The van der Waals surface area contributed by atoms with E-state index in [1.54, 1.807) is 24.4 Å². The van der Waals surface area contributed by atoms with E-state index in [-0.39, 0.29) is 17.7 Å². The molecule has 3 aromatic rings. The Morgan fingerprint density at radius 1 is 0.829 bits per heavy atom. The molecule has 0 atom stereocenters. The van der Waals surface area contributed by atoms with Crippen molar-refractivity contribution in [3.05, 3.63) is 88.3 Å². The van der Waals surface area contributed by atoms with E-state index in [0.717, 1.165) is 71.3 Å². The highest BCUT2D eigenvalue weighted by molar-refractivity contribution is 6.31. The normalized spacial score (nSPS) is 17.2. The Balaban J connectivity index is 1.06. The minimum absolute atomic E-state index is 0.186.